The van der Waals surface area contributed by atoms with Crippen LogP contribution in [-0.4, -0.2) is 26.8 Å². The first kappa shape index (κ1) is 19.5. The molecule has 0 saturated heterocycles. The Balaban J connectivity index is 1.46. The van der Waals surface area contributed by atoms with Crippen molar-refractivity contribution in [1.82, 2.24) is 9.78 Å². The molecular weight excluding hydrogens is 360 g/mol. The van der Waals surface area contributed by atoms with Crippen LogP contribution in [0.3, 0.4) is 0 Å². The van der Waals surface area contributed by atoms with Crippen LogP contribution in [0.5, 0.6) is 0 Å². The van der Waals surface area contributed by atoms with E-state index >= 15 is 0 Å². The van der Waals surface area contributed by atoms with Gasteiger partial charge in [-0.25, -0.2) is 0 Å². The Morgan fingerprint density at radius 3 is 2.69 bits per heavy atom. The lowest BCUT2D eigenvalue weighted by molar-refractivity contribution is -0.141. The van der Waals surface area contributed by atoms with Crippen LogP contribution in [-0.2, 0) is 11.8 Å². The summed E-state index contributed by atoms with van der Waals surface area (Å²) in [5.74, 6) is 2.94. The minimum atomic E-state index is -0.180. The fourth-order valence-electron chi connectivity index (χ4n) is 7.98. The molecule has 0 unspecified atom stereocenters. The van der Waals surface area contributed by atoms with Crippen LogP contribution in [0.25, 0.3) is 6.08 Å². The number of aliphatic hydroxyl groups is 1. The third-order valence-corrected chi connectivity index (χ3v) is 9.66. The number of nitrogens with zero attached hydrogens (tertiary/aromatic N) is 2. The zero-order valence-electron chi connectivity index (χ0n) is 18.4. The number of aryl methyl sites for hydroxylation is 2. The summed E-state index contributed by atoms with van der Waals surface area (Å²) in [5, 5.41) is 14.7. The Morgan fingerprint density at radius 1 is 1.17 bits per heavy atom. The molecule has 4 aliphatic carbocycles. The van der Waals surface area contributed by atoms with Gasteiger partial charge in [0.1, 0.15) is 0 Å². The van der Waals surface area contributed by atoms with Crippen molar-refractivity contribution in [2.75, 3.05) is 0 Å². The highest BCUT2D eigenvalue weighted by Crippen LogP contribution is 2.66. The second kappa shape index (κ2) is 6.54. The van der Waals surface area contributed by atoms with Crippen LogP contribution in [0, 0.1) is 41.4 Å². The van der Waals surface area contributed by atoms with Gasteiger partial charge in [-0.2, -0.15) is 5.10 Å². The van der Waals surface area contributed by atoms with E-state index < -0.39 is 0 Å². The predicted octanol–water partition coefficient (Wildman–Crippen LogP) is 4.69. The van der Waals surface area contributed by atoms with E-state index in [-0.39, 0.29) is 11.5 Å². The molecule has 4 saturated carbocycles. The van der Waals surface area contributed by atoms with Crippen LogP contribution >= 0.6 is 0 Å². The third kappa shape index (κ3) is 2.81. The topological polar surface area (TPSA) is 55.1 Å². The number of allylic oxidation sites excluding steroid dienone is 1. The van der Waals surface area contributed by atoms with Crippen molar-refractivity contribution in [2.45, 2.75) is 78.2 Å². The van der Waals surface area contributed by atoms with Crippen LogP contribution < -0.4 is 0 Å². The first-order chi connectivity index (χ1) is 13.7. The smallest absolute Gasteiger partial charge is 0.165 e. The van der Waals surface area contributed by atoms with Gasteiger partial charge in [-0.05, 0) is 99.0 Å². The molecule has 0 aromatic carbocycles. The number of Topliss-reactive ketones (excluding diaryl/α,β-unsaturated/α-hetero) is 1. The predicted molar refractivity (Wildman–Crippen MR) is 114 cm³/mol. The molecule has 4 heteroatoms. The SMILES string of the molecule is Cc1nn(C)cc1/C=C1/C[C@H]2[C@@H]3CC[C@@H]4C[C@@H](O)CC[C@]4(C)[C@H]3CC[C@]2(C)C1=O. The highest BCUT2D eigenvalue weighted by molar-refractivity contribution is 6.06. The second-order valence-electron chi connectivity index (χ2n) is 11.1. The summed E-state index contributed by atoms with van der Waals surface area (Å²) in [6, 6.07) is 0. The minimum Gasteiger partial charge on any atom is -0.393 e. The van der Waals surface area contributed by atoms with E-state index in [1.54, 1.807) is 0 Å². The van der Waals surface area contributed by atoms with Crippen molar-refractivity contribution < 1.29 is 9.90 Å². The monoisotopic (exact) mass is 396 g/mol. The van der Waals surface area contributed by atoms with Crippen molar-refractivity contribution in [3.63, 3.8) is 0 Å². The summed E-state index contributed by atoms with van der Waals surface area (Å²) in [6.07, 6.45) is 12.8. The Labute approximate surface area is 174 Å². The van der Waals surface area contributed by atoms with E-state index in [0.29, 0.717) is 29.0 Å². The number of carbonyl (C=O) groups excluding carboxylic acids is 1. The summed E-state index contributed by atoms with van der Waals surface area (Å²) in [4.78, 5) is 13.5. The van der Waals surface area contributed by atoms with Crippen LogP contribution in [0.2, 0.25) is 0 Å². The van der Waals surface area contributed by atoms with E-state index in [9.17, 15) is 9.90 Å². The maximum absolute atomic E-state index is 13.5. The quantitative estimate of drug-likeness (QED) is 0.701. The molecule has 1 N–H and O–H groups in total. The van der Waals surface area contributed by atoms with Gasteiger partial charge in [0.05, 0.1) is 11.8 Å². The van der Waals surface area contributed by atoms with E-state index in [2.05, 4.69) is 25.0 Å². The first-order valence-electron chi connectivity index (χ1n) is 11.7. The maximum Gasteiger partial charge on any atom is 0.165 e. The fourth-order valence-corrected chi connectivity index (χ4v) is 7.98. The summed E-state index contributed by atoms with van der Waals surface area (Å²) in [5.41, 5.74) is 3.30. The molecule has 7 atom stereocenters. The molecular formula is C25H36N2O2. The summed E-state index contributed by atoms with van der Waals surface area (Å²) >= 11 is 0. The zero-order valence-corrected chi connectivity index (χ0v) is 18.4. The average molecular weight is 397 g/mol. The third-order valence-electron chi connectivity index (χ3n) is 9.66. The Morgan fingerprint density at radius 2 is 1.97 bits per heavy atom. The van der Waals surface area contributed by atoms with Gasteiger partial charge in [0.25, 0.3) is 0 Å². The summed E-state index contributed by atoms with van der Waals surface area (Å²) in [7, 11) is 1.94. The van der Waals surface area contributed by atoms with Crippen molar-refractivity contribution in [1.29, 1.82) is 0 Å². The number of rotatable bonds is 1. The van der Waals surface area contributed by atoms with E-state index in [0.717, 1.165) is 54.9 Å². The number of hydrogen-bond donors (Lipinski definition) is 1. The maximum atomic E-state index is 13.5. The molecule has 5 rings (SSSR count). The lowest BCUT2D eigenvalue weighted by Gasteiger charge is -2.59. The molecule has 0 aliphatic heterocycles. The molecule has 0 bridgehead atoms. The number of hydrogen-bond acceptors (Lipinski definition) is 3. The standard InChI is InChI=1S/C25H36N2O2/c1-15-17(14-27(4)26-15)11-16-12-22-20-6-5-18-13-19(28)7-9-24(18,2)21(20)8-10-25(22,3)23(16)29/h11,14,18-22,28H,5-10,12-13H2,1-4H3/b16-11-/t18-,19+,20-,21+,22+,24+,25+/m1/s1. The number of carbonyl (C=O) groups is 1. The molecule has 0 spiro atoms. The minimum absolute atomic E-state index is 0.0937. The molecule has 29 heavy (non-hydrogen) atoms. The molecule has 1 aromatic rings. The Hall–Kier alpha value is -1.42. The van der Waals surface area contributed by atoms with Gasteiger partial charge in [0, 0.05) is 24.2 Å². The highest BCUT2D eigenvalue weighted by Gasteiger charge is 2.61. The average Bonchev–Trinajstić information content (AvgIpc) is 3.12. The fraction of sp³-hybridized carbons (Fsp3) is 0.760. The molecule has 4 aliphatic rings. The van der Waals surface area contributed by atoms with E-state index in [4.69, 9.17) is 0 Å². The van der Waals surface area contributed by atoms with Gasteiger partial charge < -0.3 is 5.11 Å². The number of fused-ring (bicyclic) bond motifs is 5. The van der Waals surface area contributed by atoms with Crippen molar-refractivity contribution in [3.8, 4) is 0 Å². The van der Waals surface area contributed by atoms with Crippen LogP contribution in [0.4, 0.5) is 0 Å². The molecule has 1 heterocycles. The normalized spacial score (nSPS) is 45.8. The Bertz CT molecular complexity index is 870. The molecule has 4 nitrogen and oxygen atoms in total. The van der Waals surface area contributed by atoms with Crippen molar-refractivity contribution in [3.05, 3.63) is 23.0 Å². The van der Waals surface area contributed by atoms with Gasteiger partial charge in [-0.3, -0.25) is 9.48 Å². The van der Waals surface area contributed by atoms with Crippen LogP contribution in [0.15, 0.2) is 11.8 Å². The van der Waals surface area contributed by atoms with Gasteiger partial charge in [0.15, 0.2) is 5.78 Å². The van der Waals surface area contributed by atoms with Gasteiger partial charge >= 0.3 is 0 Å². The lowest BCUT2D eigenvalue weighted by atomic mass is 9.45. The van der Waals surface area contributed by atoms with Gasteiger partial charge in [-0.15, -0.1) is 0 Å². The number of aliphatic hydroxyl groups excluding tert-OH is 1. The van der Waals surface area contributed by atoms with Crippen molar-refractivity contribution >= 4 is 11.9 Å². The molecule has 1 aromatic heterocycles. The van der Waals surface area contributed by atoms with Gasteiger partial charge in [0.2, 0.25) is 0 Å². The summed E-state index contributed by atoms with van der Waals surface area (Å²) in [6.45, 7) is 6.79. The zero-order chi connectivity index (χ0) is 20.6. The molecule has 0 amide bonds. The van der Waals surface area contributed by atoms with Crippen molar-refractivity contribution in [2.24, 2.45) is 41.5 Å². The number of ketones is 1. The first-order valence-corrected chi connectivity index (χ1v) is 11.7. The van der Waals surface area contributed by atoms with E-state index in [1.165, 1.54) is 19.3 Å². The Kier molecular flexibility index (Phi) is 4.40. The largest absolute Gasteiger partial charge is 0.393 e. The van der Waals surface area contributed by atoms with E-state index in [1.807, 2.05) is 24.9 Å². The molecule has 158 valence electrons. The molecule has 4 fully saturated rings. The highest BCUT2D eigenvalue weighted by atomic mass is 16.3. The van der Waals surface area contributed by atoms with Gasteiger partial charge in [-0.1, -0.05) is 13.8 Å². The van der Waals surface area contributed by atoms with Crippen LogP contribution in [0.1, 0.15) is 76.5 Å². The number of aromatic nitrogens is 2. The second-order valence-corrected chi connectivity index (χ2v) is 11.1. The summed E-state index contributed by atoms with van der Waals surface area (Å²) < 4.78 is 1.84. The lowest BCUT2D eigenvalue weighted by Crippen LogP contribution is -2.54. The molecule has 0 radical (unpaired) electrons.